The van der Waals surface area contributed by atoms with Gasteiger partial charge in [0.05, 0.1) is 12.7 Å². The fourth-order valence-corrected chi connectivity index (χ4v) is 1.87. The number of carbonyl (C=O) groups is 1. The Morgan fingerprint density at radius 2 is 2.00 bits per heavy atom. The Bertz CT molecular complexity index is 673. The van der Waals surface area contributed by atoms with Gasteiger partial charge in [0, 0.05) is 10.6 Å². The molecule has 0 aliphatic heterocycles. The van der Waals surface area contributed by atoms with Gasteiger partial charge in [-0.15, -0.1) is 0 Å². The molecule has 0 spiro atoms. The third-order valence-corrected chi connectivity index (χ3v) is 3.04. The van der Waals surface area contributed by atoms with E-state index in [9.17, 15) is 9.18 Å². The van der Waals surface area contributed by atoms with Gasteiger partial charge < -0.3 is 14.6 Å². The predicted octanol–water partition coefficient (Wildman–Crippen LogP) is 3.76. The predicted molar refractivity (Wildman–Crippen MR) is 75.7 cm³/mol. The number of hydrogen-bond acceptors (Lipinski definition) is 3. The van der Waals surface area contributed by atoms with Gasteiger partial charge in [-0.25, -0.2) is 9.18 Å². The summed E-state index contributed by atoms with van der Waals surface area (Å²) in [7, 11) is 1.40. The summed E-state index contributed by atoms with van der Waals surface area (Å²) in [5, 5.41) is 9.21. The normalized spacial score (nSPS) is 10.2. The second-order valence-electron chi connectivity index (χ2n) is 4.20. The third-order valence-electron chi connectivity index (χ3n) is 2.81. The first-order valence-corrected chi connectivity index (χ1v) is 6.37. The van der Waals surface area contributed by atoms with E-state index >= 15 is 0 Å². The molecule has 6 heteroatoms. The lowest BCUT2D eigenvalue weighted by Gasteiger charge is -2.11. The fraction of sp³-hybridized carbons (Fsp3) is 0.133. The number of benzene rings is 2. The zero-order valence-corrected chi connectivity index (χ0v) is 11.9. The molecule has 0 atom stereocenters. The van der Waals surface area contributed by atoms with Gasteiger partial charge in [-0.1, -0.05) is 17.7 Å². The zero-order valence-electron chi connectivity index (χ0n) is 11.1. The minimum atomic E-state index is -1.07. The van der Waals surface area contributed by atoms with E-state index in [0.717, 1.165) is 0 Å². The molecule has 0 saturated carbocycles. The summed E-state index contributed by atoms with van der Waals surface area (Å²) in [6.07, 6.45) is 0. The van der Waals surface area contributed by atoms with Crippen molar-refractivity contribution < 1.29 is 23.8 Å². The van der Waals surface area contributed by atoms with Gasteiger partial charge in [0.25, 0.3) is 0 Å². The molecule has 110 valence electrons. The second-order valence-corrected chi connectivity index (χ2v) is 4.63. The SMILES string of the molecule is COc1cc(C(=O)O)ccc1OCc1ccc(Cl)cc1F. The number of hydrogen-bond donors (Lipinski definition) is 1. The molecule has 2 rings (SSSR count). The lowest BCUT2D eigenvalue weighted by atomic mass is 10.2. The van der Waals surface area contributed by atoms with Crippen LogP contribution in [0.2, 0.25) is 5.02 Å². The van der Waals surface area contributed by atoms with Crippen molar-refractivity contribution in [2.24, 2.45) is 0 Å². The number of carboxylic acids is 1. The third kappa shape index (κ3) is 3.64. The number of ether oxygens (including phenoxy) is 2. The van der Waals surface area contributed by atoms with Gasteiger partial charge in [-0.2, -0.15) is 0 Å². The van der Waals surface area contributed by atoms with E-state index in [1.165, 1.54) is 37.4 Å². The highest BCUT2D eigenvalue weighted by Gasteiger charge is 2.11. The van der Waals surface area contributed by atoms with E-state index in [-0.39, 0.29) is 17.9 Å². The average molecular weight is 311 g/mol. The summed E-state index contributed by atoms with van der Waals surface area (Å²) < 4.78 is 24.2. The Labute approximate surface area is 125 Å². The molecule has 0 aliphatic rings. The summed E-state index contributed by atoms with van der Waals surface area (Å²) >= 11 is 5.67. The molecule has 1 N–H and O–H groups in total. The molecule has 0 amide bonds. The summed E-state index contributed by atoms with van der Waals surface area (Å²) in [5.41, 5.74) is 0.417. The minimum Gasteiger partial charge on any atom is -0.493 e. The van der Waals surface area contributed by atoms with Crippen molar-refractivity contribution >= 4 is 17.6 Å². The molecular weight excluding hydrogens is 299 g/mol. The van der Waals surface area contributed by atoms with Gasteiger partial charge in [0.2, 0.25) is 0 Å². The van der Waals surface area contributed by atoms with Crippen LogP contribution >= 0.6 is 11.6 Å². The van der Waals surface area contributed by atoms with E-state index < -0.39 is 11.8 Å². The number of methoxy groups -OCH3 is 1. The topological polar surface area (TPSA) is 55.8 Å². The van der Waals surface area contributed by atoms with Crippen LogP contribution in [0.1, 0.15) is 15.9 Å². The van der Waals surface area contributed by atoms with Gasteiger partial charge in [-0.05, 0) is 30.3 Å². The summed E-state index contributed by atoms with van der Waals surface area (Å²) in [6, 6.07) is 8.49. The maximum atomic E-state index is 13.6. The van der Waals surface area contributed by atoms with Crippen LogP contribution in [-0.2, 0) is 6.61 Å². The van der Waals surface area contributed by atoms with Crippen molar-refractivity contribution in [1.29, 1.82) is 0 Å². The maximum absolute atomic E-state index is 13.6. The van der Waals surface area contributed by atoms with Gasteiger partial charge in [0.1, 0.15) is 12.4 Å². The fourth-order valence-electron chi connectivity index (χ4n) is 1.71. The quantitative estimate of drug-likeness (QED) is 0.913. The largest absolute Gasteiger partial charge is 0.493 e. The van der Waals surface area contributed by atoms with Crippen LogP contribution in [0, 0.1) is 5.82 Å². The van der Waals surface area contributed by atoms with Crippen LogP contribution < -0.4 is 9.47 Å². The molecule has 2 aromatic rings. The Kier molecular flexibility index (Phi) is 4.65. The molecule has 0 aliphatic carbocycles. The lowest BCUT2D eigenvalue weighted by Crippen LogP contribution is -2.02. The van der Waals surface area contributed by atoms with Crippen molar-refractivity contribution in [2.75, 3.05) is 7.11 Å². The summed E-state index contributed by atoms with van der Waals surface area (Å²) in [4.78, 5) is 10.9. The number of rotatable bonds is 5. The molecule has 4 nitrogen and oxygen atoms in total. The first-order valence-electron chi connectivity index (χ1n) is 5.99. The molecular formula is C15H12ClFO4. The molecule has 0 unspecified atom stereocenters. The monoisotopic (exact) mass is 310 g/mol. The standard InChI is InChI=1S/C15H12ClFO4/c1-20-14-6-9(15(18)19)3-5-13(14)21-8-10-2-4-11(16)7-12(10)17/h2-7H,8H2,1H3,(H,18,19). The smallest absolute Gasteiger partial charge is 0.335 e. The van der Waals surface area contributed by atoms with Crippen LogP contribution in [0.25, 0.3) is 0 Å². The second kappa shape index (κ2) is 6.45. The Balaban J connectivity index is 2.17. The van der Waals surface area contributed by atoms with E-state index in [1.54, 1.807) is 6.07 Å². The lowest BCUT2D eigenvalue weighted by molar-refractivity contribution is 0.0696. The average Bonchev–Trinajstić information content (AvgIpc) is 2.46. The number of halogens is 2. The highest BCUT2D eigenvalue weighted by molar-refractivity contribution is 6.30. The molecule has 0 aromatic heterocycles. The highest BCUT2D eigenvalue weighted by atomic mass is 35.5. The first kappa shape index (κ1) is 15.1. The highest BCUT2D eigenvalue weighted by Crippen LogP contribution is 2.29. The van der Waals surface area contributed by atoms with E-state index in [2.05, 4.69) is 0 Å². The van der Waals surface area contributed by atoms with Gasteiger partial charge in [0.15, 0.2) is 11.5 Å². The van der Waals surface area contributed by atoms with Crippen molar-refractivity contribution in [3.8, 4) is 11.5 Å². The summed E-state index contributed by atoms with van der Waals surface area (Å²) in [6.45, 7) is -0.0220. The zero-order chi connectivity index (χ0) is 15.4. The molecule has 0 bridgehead atoms. The summed E-state index contributed by atoms with van der Waals surface area (Å²) in [5.74, 6) is -0.937. The number of aromatic carboxylic acids is 1. The molecule has 0 radical (unpaired) electrons. The Morgan fingerprint density at radius 1 is 1.24 bits per heavy atom. The molecule has 0 fully saturated rings. The first-order chi connectivity index (χ1) is 10.0. The van der Waals surface area contributed by atoms with E-state index in [0.29, 0.717) is 16.3 Å². The van der Waals surface area contributed by atoms with Crippen molar-refractivity contribution in [3.63, 3.8) is 0 Å². The van der Waals surface area contributed by atoms with Crippen LogP contribution in [0.5, 0.6) is 11.5 Å². The van der Waals surface area contributed by atoms with Crippen LogP contribution in [0.4, 0.5) is 4.39 Å². The molecule has 2 aromatic carbocycles. The minimum absolute atomic E-state index is 0.0220. The molecule has 0 heterocycles. The molecule has 0 saturated heterocycles. The maximum Gasteiger partial charge on any atom is 0.335 e. The Hall–Kier alpha value is -2.27. The van der Waals surface area contributed by atoms with Crippen molar-refractivity contribution in [1.82, 2.24) is 0 Å². The van der Waals surface area contributed by atoms with Crippen LogP contribution in [-0.4, -0.2) is 18.2 Å². The van der Waals surface area contributed by atoms with Crippen molar-refractivity contribution in [3.05, 3.63) is 58.4 Å². The molecule has 21 heavy (non-hydrogen) atoms. The van der Waals surface area contributed by atoms with E-state index in [1.807, 2.05) is 0 Å². The Morgan fingerprint density at radius 3 is 2.62 bits per heavy atom. The van der Waals surface area contributed by atoms with E-state index in [4.69, 9.17) is 26.2 Å². The number of carboxylic acid groups (broad SMARTS) is 1. The van der Waals surface area contributed by atoms with Crippen LogP contribution in [0.3, 0.4) is 0 Å². The van der Waals surface area contributed by atoms with Crippen LogP contribution in [0.15, 0.2) is 36.4 Å². The van der Waals surface area contributed by atoms with Crippen molar-refractivity contribution in [2.45, 2.75) is 6.61 Å². The van der Waals surface area contributed by atoms with Gasteiger partial charge in [-0.3, -0.25) is 0 Å². The van der Waals surface area contributed by atoms with Gasteiger partial charge >= 0.3 is 5.97 Å².